The Bertz CT molecular complexity index is 1010. The molecular formula is C20H22N4O3S. The molecule has 0 radical (unpaired) electrons. The Balaban J connectivity index is 1.78. The van der Waals surface area contributed by atoms with Crippen LogP contribution in [0.1, 0.15) is 22.8 Å². The number of carbonyl (C=O) groups excluding carboxylic acids is 1. The molecule has 1 fully saturated rings. The van der Waals surface area contributed by atoms with Crippen molar-refractivity contribution in [3.8, 4) is 6.07 Å². The molecule has 1 aliphatic heterocycles. The number of nitrogens with one attached hydrogen (secondary N) is 1. The molecule has 1 N–H and O–H groups in total. The van der Waals surface area contributed by atoms with Crippen LogP contribution >= 0.6 is 0 Å². The molecule has 0 unspecified atom stereocenters. The lowest BCUT2D eigenvalue weighted by Gasteiger charge is -2.34. The number of amides is 1. The van der Waals surface area contributed by atoms with Crippen LogP contribution in [0.4, 0.5) is 5.69 Å². The molecule has 28 heavy (non-hydrogen) atoms. The highest BCUT2D eigenvalue weighted by Gasteiger charge is 2.23. The van der Waals surface area contributed by atoms with Gasteiger partial charge in [0, 0.05) is 31.7 Å². The third kappa shape index (κ3) is 4.50. The largest absolute Gasteiger partial charge is 0.336 e. The summed E-state index contributed by atoms with van der Waals surface area (Å²) >= 11 is 0. The molecular weight excluding hydrogens is 376 g/mol. The first-order valence-corrected chi connectivity index (χ1v) is 10.6. The van der Waals surface area contributed by atoms with E-state index in [1.165, 1.54) is 18.2 Å². The number of hydrogen-bond donors (Lipinski definition) is 1. The molecule has 1 aliphatic rings. The lowest BCUT2D eigenvalue weighted by molar-refractivity contribution is 0.0643. The first-order valence-electron chi connectivity index (χ1n) is 9.07. The number of carbonyl (C=O) groups is 1. The Labute approximate surface area is 165 Å². The predicted molar refractivity (Wildman–Crippen MR) is 106 cm³/mol. The zero-order valence-corrected chi connectivity index (χ0v) is 16.4. The Morgan fingerprint density at radius 1 is 1.11 bits per heavy atom. The fourth-order valence-corrected chi connectivity index (χ4v) is 4.21. The van der Waals surface area contributed by atoms with Gasteiger partial charge in [-0.15, -0.1) is 0 Å². The first-order chi connectivity index (χ1) is 13.4. The topological polar surface area (TPSA) is 93.5 Å². The number of benzene rings is 2. The molecule has 8 heteroatoms. The van der Waals surface area contributed by atoms with E-state index in [0.717, 1.165) is 19.6 Å². The lowest BCUT2D eigenvalue weighted by Crippen LogP contribution is -2.48. The molecule has 0 saturated carbocycles. The maximum absolute atomic E-state index is 12.8. The summed E-state index contributed by atoms with van der Waals surface area (Å²) < 4.78 is 27.9. The van der Waals surface area contributed by atoms with Crippen molar-refractivity contribution in [2.24, 2.45) is 0 Å². The summed E-state index contributed by atoms with van der Waals surface area (Å²) in [5.41, 5.74) is 1.00. The van der Waals surface area contributed by atoms with Gasteiger partial charge in [-0.3, -0.25) is 9.52 Å². The van der Waals surface area contributed by atoms with Crippen LogP contribution in [0.2, 0.25) is 0 Å². The molecule has 0 aromatic heterocycles. The fraction of sp³-hybridized carbons (Fsp3) is 0.300. The van der Waals surface area contributed by atoms with Gasteiger partial charge in [-0.25, -0.2) is 8.42 Å². The minimum atomic E-state index is -3.88. The van der Waals surface area contributed by atoms with Gasteiger partial charge >= 0.3 is 0 Å². The van der Waals surface area contributed by atoms with Gasteiger partial charge in [-0.1, -0.05) is 19.1 Å². The van der Waals surface area contributed by atoms with Gasteiger partial charge in [0.2, 0.25) is 0 Å². The second-order valence-electron chi connectivity index (χ2n) is 6.55. The standard InChI is InChI=1S/C20H22N4O3S/c1-2-23-9-11-24(12-10-23)20(25)17-6-4-8-19(14-17)28(26,27)22-18-7-3-5-16(13-18)15-21/h3-8,13-14,22H,2,9-12H2,1H3. The summed E-state index contributed by atoms with van der Waals surface area (Å²) in [6.07, 6.45) is 0. The molecule has 146 valence electrons. The molecule has 1 saturated heterocycles. The van der Waals surface area contributed by atoms with E-state index in [1.54, 1.807) is 35.2 Å². The Hall–Kier alpha value is -2.89. The minimum absolute atomic E-state index is 0.00732. The van der Waals surface area contributed by atoms with Crippen LogP contribution in [-0.4, -0.2) is 56.8 Å². The predicted octanol–water partition coefficient (Wildman–Crippen LogP) is 2.14. The molecule has 0 bridgehead atoms. The molecule has 0 aliphatic carbocycles. The van der Waals surface area contributed by atoms with E-state index in [9.17, 15) is 13.2 Å². The molecule has 3 rings (SSSR count). The first kappa shape index (κ1) is 19.9. The van der Waals surface area contributed by atoms with Crippen molar-refractivity contribution in [2.75, 3.05) is 37.4 Å². The molecule has 0 spiro atoms. The summed E-state index contributed by atoms with van der Waals surface area (Å²) in [5.74, 6) is -0.167. The average molecular weight is 398 g/mol. The highest BCUT2D eigenvalue weighted by atomic mass is 32.2. The van der Waals surface area contributed by atoms with Crippen LogP contribution in [0.5, 0.6) is 0 Å². The van der Waals surface area contributed by atoms with Gasteiger partial charge in [-0.05, 0) is 42.9 Å². The third-order valence-corrected chi connectivity index (χ3v) is 6.12. The number of sulfonamides is 1. The van der Waals surface area contributed by atoms with E-state index in [1.807, 2.05) is 6.07 Å². The maximum Gasteiger partial charge on any atom is 0.261 e. The summed E-state index contributed by atoms with van der Waals surface area (Å²) in [6.45, 7) is 5.93. The normalized spacial score (nSPS) is 15.1. The van der Waals surface area contributed by atoms with Crippen molar-refractivity contribution >= 4 is 21.6 Å². The molecule has 2 aromatic carbocycles. The third-order valence-electron chi connectivity index (χ3n) is 4.74. The highest BCUT2D eigenvalue weighted by molar-refractivity contribution is 7.92. The van der Waals surface area contributed by atoms with E-state index in [-0.39, 0.29) is 10.8 Å². The van der Waals surface area contributed by atoms with Crippen LogP contribution in [0, 0.1) is 11.3 Å². The summed E-state index contributed by atoms with van der Waals surface area (Å²) in [5, 5.41) is 8.96. The average Bonchev–Trinajstić information content (AvgIpc) is 2.73. The van der Waals surface area contributed by atoms with E-state index in [2.05, 4.69) is 16.5 Å². The van der Waals surface area contributed by atoms with Crippen molar-refractivity contribution in [1.29, 1.82) is 5.26 Å². The van der Waals surface area contributed by atoms with E-state index in [0.29, 0.717) is 29.9 Å². The van der Waals surface area contributed by atoms with Crippen molar-refractivity contribution in [1.82, 2.24) is 9.80 Å². The number of hydrogen-bond acceptors (Lipinski definition) is 5. The summed E-state index contributed by atoms with van der Waals surface area (Å²) in [4.78, 5) is 16.8. The number of nitriles is 1. The fourth-order valence-electron chi connectivity index (χ4n) is 3.11. The smallest absolute Gasteiger partial charge is 0.261 e. The van der Waals surface area contributed by atoms with Crippen LogP contribution in [0.15, 0.2) is 53.4 Å². The van der Waals surface area contributed by atoms with Crippen molar-refractivity contribution in [2.45, 2.75) is 11.8 Å². The van der Waals surface area contributed by atoms with Gasteiger partial charge in [0.25, 0.3) is 15.9 Å². The Morgan fingerprint density at radius 2 is 1.82 bits per heavy atom. The highest BCUT2D eigenvalue weighted by Crippen LogP contribution is 2.19. The zero-order valence-electron chi connectivity index (χ0n) is 15.6. The van der Waals surface area contributed by atoms with Crippen LogP contribution in [0.25, 0.3) is 0 Å². The Kier molecular flexibility index (Phi) is 5.97. The zero-order chi connectivity index (χ0) is 20.1. The lowest BCUT2D eigenvalue weighted by atomic mass is 10.2. The number of anilines is 1. The van der Waals surface area contributed by atoms with Crippen molar-refractivity contribution in [3.63, 3.8) is 0 Å². The number of likely N-dealkylation sites (N-methyl/N-ethyl adjacent to an activating group) is 1. The van der Waals surface area contributed by atoms with Crippen LogP contribution in [-0.2, 0) is 10.0 Å². The molecule has 1 heterocycles. The molecule has 7 nitrogen and oxygen atoms in total. The van der Waals surface area contributed by atoms with Gasteiger partial charge < -0.3 is 9.80 Å². The monoisotopic (exact) mass is 398 g/mol. The summed E-state index contributed by atoms with van der Waals surface area (Å²) in [6, 6.07) is 14.2. The van der Waals surface area contributed by atoms with E-state index < -0.39 is 10.0 Å². The molecule has 2 aromatic rings. The van der Waals surface area contributed by atoms with Crippen molar-refractivity contribution in [3.05, 3.63) is 59.7 Å². The molecule has 1 amide bonds. The van der Waals surface area contributed by atoms with Gasteiger partial charge in [-0.2, -0.15) is 5.26 Å². The number of piperazine rings is 1. The Morgan fingerprint density at radius 3 is 2.50 bits per heavy atom. The van der Waals surface area contributed by atoms with Crippen LogP contribution in [0.3, 0.4) is 0 Å². The second kappa shape index (κ2) is 8.42. The quantitative estimate of drug-likeness (QED) is 0.833. The maximum atomic E-state index is 12.8. The van der Waals surface area contributed by atoms with E-state index >= 15 is 0 Å². The van der Waals surface area contributed by atoms with Gasteiger partial charge in [0.05, 0.1) is 22.2 Å². The van der Waals surface area contributed by atoms with Gasteiger partial charge in [0.15, 0.2) is 0 Å². The minimum Gasteiger partial charge on any atom is -0.336 e. The number of rotatable bonds is 5. The number of nitrogens with zero attached hydrogens (tertiary/aromatic N) is 3. The van der Waals surface area contributed by atoms with Crippen molar-refractivity contribution < 1.29 is 13.2 Å². The van der Waals surface area contributed by atoms with Gasteiger partial charge in [0.1, 0.15) is 0 Å². The van der Waals surface area contributed by atoms with E-state index in [4.69, 9.17) is 5.26 Å². The molecule has 0 atom stereocenters. The van der Waals surface area contributed by atoms with Crippen LogP contribution < -0.4 is 4.72 Å². The SMILES string of the molecule is CCN1CCN(C(=O)c2cccc(S(=O)(=O)Nc3cccc(C#N)c3)c2)CC1. The second-order valence-corrected chi connectivity index (χ2v) is 8.23. The summed E-state index contributed by atoms with van der Waals surface area (Å²) in [7, 11) is -3.88.